The number of rotatable bonds is 7. The fourth-order valence-electron chi connectivity index (χ4n) is 2.96. The van der Waals surface area contributed by atoms with Crippen LogP contribution in [0.2, 0.25) is 0 Å². The van der Waals surface area contributed by atoms with Crippen molar-refractivity contribution in [3.8, 4) is 11.5 Å². The van der Waals surface area contributed by atoms with Gasteiger partial charge in [0.2, 0.25) is 0 Å². The highest BCUT2D eigenvalue weighted by Crippen LogP contribution is 2.47. The minimum atomic E-state index is 0.506. The van der Waals surface area contributed by atoms with Gasteiger partial charge < -0.3 is 14.8 Å². The van der Waals surface area contributed by atoms with Gasteiger partial charge in [0.05, 0.1) is 12.8 Å². The summed E-state index contributed by atoms with van der Waals surface area (Å²) in [7, 11) is 0. The number of hydrogen-bond donors (Lipinski definition) is 1. The molecule has 2 aromatic rings. The van der Waals surface area contributed by atoms with Gasteiger partial charge in [-0.3, -0.25) is 4.98 Å². The van der Waals surface area contributed by atoms with Gasteiger partial charge in [-0.25, -0.2) is 0 Å². The van der Waals surface area contributed by atoms with E-state index in [4.69, 9.17) is 9.47 Å². The summed E-state index contributed by atoms with van der Waals surface area (Å²) in [4.78, 5) is 4.33. The summed E-state index contributed by atoms with van der Waals surface area (Å²) in [5.74, 6) is 2.96. The van der Waals surface area contributed by atoms with Gasteiger partial charge in [0, 0.05) is 18.2 Å². The molecule has 2 aliphatic rings. The maximum absolute atomic E-state index is 5.85. The third-order valence-electron chi connectivity index (χ3n) is 4.67. The van der Waals surface area contributed by atoms with Crippen molar-refractivity contribution < 1.29 is 9.47 Å². The number of nitrogens with one attached hydrogen (secondary N) is 1. The Bertz CT molecular complexity index is 643. The summed E-state index contributed by atoms with van der Waals surface area (Å²) in [6, 6.07) is 12.7. The maximum atomic E-state index is 5.85. The Kier molecular flexibility index (Phi) is 4.16. The summed E-state index contributed by atoms with van der Waals surface area (Å²) in [5, 5.41) is 3.34. The first-order valence-electron chi connectivity index (χ1n) is 8.37. The van der Waals surface area contributed by atoms with Crippen LogP contribution in [0.1, 0.15) is 24.3 Å². The van der Waals surface area contributed by atoms with E-state index in [0.29, 0.717) is 17.9 Å². The first-order chi connectivity index (χ1) is 11.4. The second-order valence-corrected chi connectivity index (χ2v) is 6.43. The van der Waals surface area contributed by atoms with Crippen molar-refractivity contribution in [3.05, 3.63) is 54.4 Å². The Morgan fingerprint density at radius 2 is 1.87 bits per heavy atom. The molecule has 23 heavy (non-hydrogen) atoms. The van der Waals surface area contributed by atoms with Crippen molar-refractivity contribution in [2.45, 2.75) is 24.8 Å². The molecule has 0 spiro atoms. The maximum Gasteiger partial charge on any atom is 0.137 e. The second-order valence-electron chi connectivity index (χ2n) is 6.43. The fraction of sp³-hybridized carbons (Fsp3) is 0.421. The number of benzene rings is 1. The van der Waals surface area contributed by atoms with Crippen LogP contribution in [-0.4, -0.2) is 30.8 Å². The largest absolute Gasteiger partial charge is 0.493 e. The minimum Gasteiger partial charge on any atom is -0.493 e. The fourth-order valence-corrected chi connectivity index (χ4v) is 2.96. The molecule has 2 fully saturated rings. The van der Waals surface area contributed by atoms with Crippen LogP contribution >= 0.6 is 0 Å². The molecule has 0 unspecified atom stereocenters. The topological polar surface area (TPSA) is 43.4 Å². The molecule has 1 aliphatic carbocycles. The summed E-state index contributed by atoms with van der Waals surface area (Å²) < 4.78 is 11.7. The Balaban J connectivity index is 1.29. The van der Waals surface area contributed by atoms with Gasteiger partial charge in [-0.2, -0.15) is 0 Å². The number of aromatic nitrogens is 1. The molecule has 3 atom stereocenters. The Morgan fingerprint density at radius 3 is 2.65 bits per heavy atom. The standard InChI is InChI=1S/C19H22N2O2/c1-2-4-17(5-3-1)22-12-15-9-19(15)14-8-18(11-20-10-14)23-13-16-6-7-21-16/h1-5,8,10-11,15-16,19,21H,6-7,9,12-13H2/t15-,16-,19+/m0/s1. The van der Waals surface area contributed by atoms with Crippen molar-refractivity contribution in [3.63, 3.8) is 0 Å². The van der Waals surface area contributed by atoms with E-state index in [1.54, 1.807) is 6.20 Å². The van der Waals surface area contributed by atoms with Crippen LogP contribution in [0.5, 0.6) is 11.5 Å². The highest BCUT2D eigenvalue weighted by atomic mass is 16.5. The SMILES string of the molecule is c1ccc(OC[C@@H]2C[C@@H]2c2cncc(OC[C@@H]3CCN3)c2)cc1. The minimum absolute atomic E-state index is 0.506. The number of hydrogen-bond acceptors (Lipinski definition) is 4. The highest BCUT2D eigenvalue weighted by Gasteiger charge is 2.39. The van der Waals surface area contributed by atoms with Crippen molar-refractivity contribution in [2.75, 3.05) is 19.8 Å². The Morgan fingerprint density at radius 1 is 1.04 bits per heavy atom. The van der Waals surface area contributed by atoms with E-state index in [-0.39, 0.29) is 0 Å². The van der Waals surface area contributed by atoms with E-state index in [0.717, 1.165) is 31.3 Å². The molecule has 0 amide bonds. The van der Waals surface area contributed by atoms with E-state index in [2.05, 4.69) is 16.4 Å². The third-order valence-corrected chi connectivity index (χ3v) is 4.67. The lowest BCUT2D eigenvalue weighted by atomic mass is 10.1. The lowest BCUT2D eigenvalue weighted by Gasteiger charge is -2.27. The van der Waals surface area contributed by atoms with Crippen molar-refractivity contribution >= 4 is 0 Å². The molecule has 0 bridgehead atoms. The van der Waals surface area contributed by atoms with Crippen molar-refractivity contribution in [2.24, 2.45) is 5.92 Å². The van der Waals surface area contributed by atoms with E-state index in [9.17, 15) is 0 Å². The molecule has 1 aromatic heterocycles. The molecule has 1 aromatic carbocycles. The monoisotopic (exact) mass is 310 g/mol. The predicted molar refractivity (Wildman–Crippen MR) is 88.9 cm³/mol. The second kappa shape index (κ2) is 6.59. The first kappa shape index (κ1) is 14.5. The smallest absolute Gasteiger partial charge is 0.137 e. The lowest BCUT2D eigenvalue weighted by molar-refractivity contribution is 0.216. The molecule has 1 N–H and O–H groups in total. The number of ether oxygens (including phenoxy) is 2. The summed E-state index contributed by atoms with van der Waals surface area (Å²) in [6.45, 7) is 2.61. The Hall–Kier alpha value is -2.07. The average molecular weight is 310 g/mol. The Labute approximate surface area is 136 Å². The van der Waals surface area contributed by atoms with Gasteiger partial charge >= 0.3 is 0 Å². The summed E-state index contributed by atoms with van der Waals surface area (Å²) in [6.07, 6.45) is 6.14. The summed E-state index contributed by atoms with van der Waals surface area (Å²) in [5.41, 5.74) is 1.27. The lowest BCUT2D eigenvalue weighted by Crippen LogP contribution is -2.46. The highest BCUT2D eigenvalue weighted by molar-refractivity contribution is 5.30. The van der Waals surface area contributed by atoms with Gasteiger partial charge in [-0.15, -0.1) is 0 Å². The third kappa shape index (κ3) is 3.64. The van der Waals surface area contributed by atoms with Gasteiger partial charge in [-0.1, -0.05) is 18.2 Å². The zero-order valence-corrected chi connectivity index (χ0v) is 13.2. The molecule has 4 nitrogen and oxygen atoms in total. The normalized spacial score (nSPS) is 25.5. The van der Waals surface area contributed by atoms with Gasteiger partial charge in [-0.05, 0) is 49.1 Å². The molecule has 0 radical (unpaired) electrons. The molecule has 4 heteroatoms. The predicted octanol–water partition coefficient (Wildman–Crippen LogP) is 3.00. The molecular formula is C19H22N2O2. The van der Waals surface area contributed by atoms with Crippen LogP contribution in [0.3, 0.4) is 0 Å². The van der Waals surface area contributed by atoms with Crippen LogP contribution in [0, 0.1) is 5.92 Å². The number of pyridine rings is 1. The first-order valence-corrected chi connectivity index (χ1v) is 8.37. The van der Waals surface area contributed by atoms with Crippen molar-refractivity contribution in [1.82, 2.24) is 10.3 Å². The van der Waals surface area contributed by atoms with Gasteiger partial charge in [0.25, 0.3) is 0 Å². The molecule has 1 saturated heterocycles. The van der Waals surface area contributed by atoms with Crippen LogP contribution in [-0.2, 0) is 0 Å². The summed E-state index contributed by atoms with van der Waals surface area (Å²) >= 11 is 0. The van der Waals surface area contributed by atoms with E-state index in [1.807, 2.05) is 36.5 Å². The van der Waals surface area contributed by atoms with E-state index >= 15 is 0 Å². The zero-order chi connectivity index (χ0) is 15.5. The van der Waals surface area contributed by atoms with Crippen LogP contribution in [0.25, 0.3) is 0 Å². The quantitative estimate of drug-likeness (QED) is 0.854. The van der Waals surface area contributed by atoms with Crippen LogP contribution in [0.4, 0.5) is 0 Å². The molecular weight excluding hydrogens is 288 g/mol. The van der Waals surface area contributed by atoms with Crippen LogP contribution in [0.15, 0.2) is 48.8 Å². The molecule has 2 heterocycles. The molecule has 120 valence electrons. The van der Waals surface area contributed by atoms with Gasteiger partial charge in [0.15, 0.2) is 0 Å². The van der Waals surface area contributed by atoms with E-state index < -0.39 is 0 Å². The molecule has 1 saturated carbocycles. The van der Waals surface area contributed by atoms with Crippen LogP contribution < -0.4 is 14.8 Å². The average Bonchev–Trinajstić information content (AvgIpc) is 3.33. The number of nitrogens with zero attached hydrogens (tertiary/aromatic N) is 1. The molecule has 4 rings (SSSR count). The van der Waals surface area contributed by atoms with E-state index in [1.165, 1.54) is 18.4 Å². The zero-order valence-electron chi connectivity index (χ0n) is 13.2. The van der Waals surface area contributed by atoms with Gasteiger partial charge in [0.1, 0.15) is 18.1 Å². The van der Waals surface area contributed by atoms with Crippen molar-refractivity contribution in [1.29, 1.82) is 0 Å². The number of para-hydroxylation sites is 1. The molecule has 1 aliphatic heterocycles.